The third-order valence-electron chi connectivity index (χ3n) is 5.88. The van der Waals surface area contributed by atoms with Gasteiger partial charge < -0.3 is 10.2 Å². The van der Waals surface area contributed by atoms with Crippen LogP contribution in [0.1, 0.15) is 38.2 Å². The maximum absolute atomic E-state index is 4.70. The summed E-state index contributed by atoms with van der Waals surface area (Å²) in [5, 5.41) is 4.47. The molecule has 1 unspecified atom stereocenters. The van der Waals surface area contributed by atoms with E-state index in [1.54, 1.807) is 0 Å². The average molecular weight is 375 g/mol. The second kappa shape index (κ2) is 8.70. The summed E-state index contributed by atoms with van der Waals surface area (Å²) in [4.78, 5) is 11.8. The number of likely N-dealkylation sites (tertiary alicyclic amines) is 1. The molecule has 3 aromatic rings. The van der Waals surface area contributed by atoms with E-state index in [1.165, 1.54) is 42.5 Å². The van der Waals surface area contributed by atoms with E-state index in [1.807, 2.05) is 6.20 Å². The number of hydrogen-bond donors (Lipinski definition) is 1. The Morgan fingerprint density at radius 1 is 1.14 bits per heavy atom. The first-order valence-corrected chi connectivity index (χ1v) is 10.5. The van der Waals surface area contributed by atoms with E-state index in [4.69, 9.17) is 4.98 Å². The van der Waals surface area contributed by atoms with Crippen molar-refractivity contribution >= 4 is 16.9 Å². The molecule has 0 bridgehead atoms. The van der Waals surface area contributed by atoms with Crippen LogP contribution in [0.25, 0.3) is 22.0 Å². The lowest BCUT2D eigenvalue weighted by molar-refractivity contribution is 0.160. The number of nitrogens with zero attached hydrogens (tertiary/aromatic N) is 3. The minimum atomic E-state index is 0.725. The Morgan fingerprint density at radius 2 is 2.04 bits per heavy atom. The molecular weight excluding hydrogens is 344 g/mol. The number of fused-ring (bicyclic) bond motifs is 1. The summed E-state index contributed by atoms with van der Waals surface area (Å²) in [5.74, 6) is 0.725. The standard InChI is InChI=1S/C24H30N4/c1-18-8-3-4-10-22(18)20-11-12-23-21(16-20)17-26-24(27-23)25-13-7-15-28-14-6-5-9-19(28)2/h3-4,8,10-12,16-17,19H,5-7,9,13-15H2,1-2H3,(H,25,26,27). The second-order valence-electron chi connectivity index (χ2n) is 7.94. The molecule has 1 aliphatic rings. The fourth-order valence-electron chi connectivity index (χ4n) is 4.16. The summed E-state index contributed by atoms with van der Waals surface area (Å²) < 4.78 is 0. The number of piperidine rings is 1. The van der Waals surface area contributed by atoms with Crippen molar-refractivity contribution in [3.63, 3.8) is 0 Å². The molecule has 0 saturated carbocycles. The molecule has 2 aromatic carbocycles. The third-order valence-corrected chi connectivity index (χ3v) is 5.88. The Labute approximate surface area is 168 Å². The number of rotatable bonds is 6. The van der Waals surface area contributed by atoms with E-state index in [-0.39, 0.29) is 0 Å². The van der Waals surface area contributed by atoms with Gasteiger partial charge >= 0.3 is 0 Å². The van der Waals surface area contributed by atoms with E-state index in [9.17, 15) is 0 Å². The number of anilines is 1. The quantitative estimate of drug-likeness (QED) is 0.596. The third kappa shape index (κ3) is 4.33. The van der Waals surface area contributed by atoms with E-state index in [2.05, 4.69) is 71.5 Å². The molecule has 2 heterocycles. The van der Waals surface area contributed by atoms with Crippen molar-refractivity contribution in [2.24, 2.45) is 0 Å². The Morgan fingerprint density at radius 3 is 2.89 bits per heavy atom. The van der Waals surface area contributed by atoms with Crippen LogP contribution in [0.5, 0.6) is 0 Å². The van der Waals surface area contributed by atoms with Crippen molar-refractivity contribution in [3.05, 3.63) is 54.2 Å². The van der Waals surface area contributed by atoms with Crippen molar-refractivity contribution < 1.29 is 0 Å². The van der Waals surface area contributed by atoms with Gasteiger partial charge in [0.15, 0.2) is 0 Å². The van der Waals surface area contributed by atoms with Gasteiger partial charge in [-0.05, 0) is 68.5 Å². The van der Waals surface area contributed by atoms with E-state index in [0.29, 0.717) is 0 Å². The van der Waals surface area contributed by atoms with Crippen LogP contribution in [0, 0.1) is 6.92 Å². The molecule has 0 aliphatic carbocycles. The summed E-state index contributed by atoms with van der Waals surface area (Å²) >= 11 is 0. The van der Waals surface area contributed by atoms with Crippen LogP contribution in [0.2, 0.25) is 0 Å². The highest BCUT2D eigenvalue weighted by Crippen LogP contribution is 2.26. The highest BCUT2D eigenvalue weighted by Gasteiger charge is 2.17. The first-order chi connectivity index (χ1) is 13.7. The molecule has 146 valence electrons. The fraction of sp³-hybridized carbons (Fsp3) is 0.417. The number of aromatic nitrogens is 2. The summed E-state index contributed by atoms with van der Waals surface area (Å²) in [6.07, 6.45) is 7.12. The van der Waals surface area contributed by atoms with Gasteiger partial charge in [0.25, 0.3) is 0 Å². The molecule has 0 amide bonds. The molecule has 28 heavy (non-hydrogen) atoms. The summed E-state index contributed by atoms with van der Waals surface area (Å²) in [5.41, 5.74) is 4.74. The van der Waals surface area contributed by atoms with Crippen LogP contribution in [-0.2, 0) is 0 Å². The van der Waals surface area contributed by atoms with Gasteiger partial charge in [-0.15, -0.1) is 0 Å². The van der Waals surface area contributed by atoms with Crippen molar-refractivity contribution in [1.82, 2.24) is 14.9 Å². The lowest BCUT2D eigenvalue weighted by Crippen LogP contribution is -2.38. The normalized spacial score (nSPS) is 17.7. The Kier molecular flexibility index (Phi) is 5.87. The second-order valence-corrected chi connectivity index (χ2v) is 7.94. The lowest BCUT2D eigenvalue weighted by Gasteiger charge is -2.33. The molecule has 1 aliphatic heterocycles. The zero-order valence-electron chi connectivity index (χ0n) is 17.0. The van der Waals surface area contributed by atoms with Crippen molar-refractivity contribution in [2.45, 2.75) is 45.6 Å². The van der Waals surface area contributed by atoms with Crippen molar-refractivity contribution in [2.75, 3.05) is 25.0 Å². The molecule has 1 aromatic heterocycles. The highest BCUT2D eigenvalue weighted by molar-refractivity contribution is 5.85. The van der Waals surface area contributed by atoms with Gasteiger partial charge in [0, 0.05) is 30.7 Å². The van der Waals surface area contributed by atoms with E-state index in [0.717, 1.165) is 42.4 Å². The largest absolute Gasteiger partial charge is 0.354 e. The zero-order chi connectivity index (χ0) is 19.3. The number of hydrogen-bond acceptors (Lipinski definition) is 4. The number of nitrogens with one attached hydrogen (secondary N) is 1. The van der Waals surface area contributed by atoms with Crippen LogP contribution >= 0.6 is 0 Å². The predicted molar refractivity (Wildman–Crippen MR) is 118 cm³/mol. The van der Waals surface area contributed by atoms with Gasteiger partial charge in [0.05, 0.1) is 5.52 Å². The maximum Gasteiger partial charge on any atom is 0.223 e. The van der Waals surface area contributed by atoms with Gasteiger partial charge in [-0.1, -0.05) is 36.8 Å². The molecule has 1 fully saturated rings. The molecule has 4 nitrogen and oxygen atoms in total. The molecular formula is C24H30N4. The number of aryl methyl sites for hydroxylation is 1. The van der Waals surface area contributed by atoms with E-state index < -0.39 is 0 Å². The van der Waals surface area contributed by atoms with Gasteiger partial charge in [-0.3, -0.25) is 0 Å². The Balaban J connectivity index is 1.38. The molecule has 1 atom stereocenters. The van der Waals surface area contributed by atoms with E-state index >= 15 is 0 Å². The van der Waals surface area contributed by atoms with Gasteiger partial charge in [-0.2, -0.15) is 0 Å². The fourth-order valence-corrected chi connectivity index (χ4v) is 4.16. The Hall–Kier alpha value is -2.46. The molecule has 1 N–H and O–H groups in total. The lowest BCUT2D eigenvalue weighted by atomic mass is 9.99. The Bertz CT molecular complexity index is 937. The van der Waals surface area contributed by atoms with Crippen molar-refractivity contribution in [1.29, 1.82) is 0 Å². The van der Waals surface area contributed by atoms with Crippen LogP contribution < -0.4 is 5.32 Å². The van der Waals surface area contributed by atoms with Crippen LogP contribution in [0.4, 0.5) is 5.95 Å². The SMILES string of the molecule is Cc1ccccc1-c1ccc2nc(NCCCN3CCCCC3C)ncc2c1. The van der Waals surface area contributed by atoms with Gasteiger partial charge in [-0.25, -0.2) is 9.97 Å². The monoisotopic (exact) mass is 374 g/mol. The average Bonchev–Trinajstić information content (AvgIpc) is 2.72. The first-order valence-electron chi connectivity index (χ1n) is 10.5. The zero-order valence-corrected chi connectivity index (χ0v) is 17.0. The minimum Gasteiger partial charge on any atom is -0.354 e. The highest BCUT2D eigenvalue weighted by atomic mass is 15.2. The first kappa shape index (κ1) is 18.9. The van der Waals surface area contributed by atoms with Crippen LogP contribution in [0.15, 0.2) is 48.7 Å². The van der Waals surface area contributed by atoms with Gasteiger partial charge in [0.2, 0.25) is 5.95 Å². The van der Waals surface area contributed by atoms with Crippen LogP contribution in [-0.4, -0.2) is 40.5 Å². The molecule has 0 spiro atoms. The molecule has 4 rings (SSSR count). The number of benzene rings is 2. The molecule has 0 radical (unpaired) electrons. The smallest absolute Gasteiger partial charge is 0.223 e. The predicted octanol–water partition coefficient (Wildman–Crippen LogP) is 5.28. The van der Waals surface area contributed by atoms with Crippen LogP contribution in [0.3, 0.4) is 0 Å². The topological polar surface area (TPSA) is 41.1 Å². The summed E-state index contributed by atoms with van der Waals surface area (Å²) in [6.45, 7) is 7.81. The summed E-state index contributed by atoms with van der Waals surface area (Å²) in [6, 6.07) is 15.6. The maximum atomic E-state index is 4.70. The van der Waals surface area contributed by atoms with Crippen molar-refractivity contribution in [3.8, 4) is 11.1 Å². The minimum absolute atomic E-state index is 0.725. The molecule has 4 heteroatoms. The summed E-state index contributed by atoms with van der Waals surface area (Å²) in [7, 11) is 0. The van der Waals surface area contributed by atoms with Gasteiger partial charge in [0.1, 0.15) is 0 Å². The molecule has 1 saturated heterocycles.